The minimum atomic E-state index is -3.84. The zero-order chi connectivity index (χ0) is 31.3. The Morgan fingerprint density at radius 2 is 1.69 bits per heavy atom. The van der Waals surface area contributed by atoms with Gasteiger partial charge in [-0.15, -0.1) is 0 Å². The van der Waals surface area contributed by atoms with Crippen molar-refractivity contribution in [3.05, 3.63) is 89.5 Å². The molecular weight excluding hydrogens is 586 g/mol. The second-order valence-electron chi connectivity index (χ2n) is 12.4. The number of amides is 1. The molecule has 3 N–H and O–H groups in total. The van der Waals surface area contributed by atoms with Crippen molar-refractivity contribution in [1.29, 1.82) is 0 Å². The van der Waals surface area contributed by atoms with Gasteiger partial charge in [0.2, 0.25) is 9.84 Å². The minimum absolute atomic E-state index is 0.0555. The molecule has 2 aromatic heterocycles. The van der Waals surface area contributed by atoms with Gasteiger partial charge in [0.1, 0.15) is 16.3 Å². The number of carbonyl (C=O) groups is 1. The molecule has 2 aliphatic rings. The fourth-order valence-corrected chi connectivity index (χ4v) is 8.33. The second kappa shape index (κ2) is 13.6. The molecule has 4 aromatic rings. The molecular formula is C35H43N5O4S. The summed E-state index contributed by atoms with van der Waals surface area (Å²) in [5.41, 5.74) is 4.59. The molecule has 1 aliphatic carbocycles. The normalized spacial score (nSPS) is 17.3. The molecule has 10 heteroatoms. The number of aromatic amines is 1. The van der Waals surface area contributed by atoms with Crippen molar-refractivity contribution in [2.75, 3.05) is 13.7 Å². The predicted molar refractivity (Wildman–Crippen MR) is 174 cm³/mol. The first-order valence-corrected chi connectivity index (χ1v) is 17.6. The highest BCUT2D eigenvalue weighted by Crippen LogP contribution is 2.40. The number of sulfone groups is 1. The van der Waals surface area contributed by atoms with E-state index in [9.17, 15) is 13.2 Å². The third kappa shape index (κ3) is 6.72. The van der Waals surface area contributed by atoms with Crippen LogP contribution < -0.4 is 15.4 Å². The second-order valence-corrected chi connectivity index (χ2v) is 14.3. The molecule has 0 radical (unpaired) electrons. The number of nitrogens with zero attached hydrogens (tertiary/aromatic N) is 2. The number of fused-ring (bicyclic) bond motifs is 2. The lowest BCUT2D eigenvalue weighted by atomic mass is 9.72. The molecule has 1 spiro atoms. The predicted octanol–water partition coefficient (Wildman–Crippen LogP) is 6.23. The lowest BCUT2D eigenvalue weighted by Gasteiger charge is -2.38. The van der Waals surface area contributed by atoms with Crippen LogP contribution in [0.3, 0.4) is 0 Å². The van der Waals surface area contributed by atoms with Gasteiger partial charge in [0, 0.05) is 49.2 Å². The van der Waals surface area contributed by atoms with Crippen LogP contribution in [-0.2, 0) is 28.3 Å². The maximum absolute atomic E-state index is 13.5. The lowest BCUT2D eigenvalue weighted by Crippen LogP contribution is -2.43. The number of ether oxygens (including phenoxy) is 1. The minimum Gasteiger partial charge on any atom is -0.495 e. The van der Waals surface area contributed by atoms with Crippen LogP contribution >= 0.6 is 0 Å². The van der Waals surface area contributed by atoms with E-state index in [0.717, 1.165) is 31.5 Å². The van der Waals surface area contributed by atoms with Crippen molar-refractivity contribution in [3.63, 3.8) is 0 Å². The molecule has 1 saturated carbocycles. The van der Waals surface area contributed by atoms with Crippen molar-refractivity contribution in [2.24, 2.45) is 0 Å². The molecule has 3 heterocycles. The van der Waals surface area contributed by atoms with Crippen LogP contribution in [0.4, 0.5) is 0 Å². The van der Waals surface area contributed by atoms with E-state index in [2.05, 4.69) is 20.7 Å². The lowest BCUT2D eigenvalue weighted by molar-refractivity contribution is 0.0946. The summed E-state index contributed by atoms with van der Waals surface area (Å²) >= 11 is 0. The van der Waals surface area contributed by atoms with Crippen molar-refractivity contribution in [1.82, 2.24) is 25.4 Å². The number of methoxy groups -OCH3 is 1. The van der Waals surface area contributed by atoms with Crippen LogP contribution in [0, 0.1) is 0 Å². The Balaban J connectivity index is 1.13. The molecule has 238 valence electrons. The average molecular weight is 630 g/mol. The molecule has 0 bridgehead atoms. The molecule has 1 aliphatic heterocycles. The summed E-state index contributed by atoms with van der Waals surface area (Å²) in [7, 11) is -2.39. The Morgan fingerprint density at radius 1 is 0.978 bits per heavy atom. The summed E-state index contributed by atoms with van der Waals surface area (Å²) < 4.78 is 34.1. The van der Waals surface area contributed by atoms with E-state index >= 15 is 0 Å². The molecule has 45 heavy (non-hydrogen) atoms. The maximum Gasteiger partial charge on any atom is 0.267 e. The quantitative estimate of drug-likeness (QED) is 0.223. The topological polar surface area (TPSA) is 118 Å². The summed E-state index contributed by atoms with van der Waals surface area (Å²) in [6, 6.07) is 15.3. The van der Waals surface area contributed by atoms with Gasteiger partial charge in [-0.25, -0.2) is 13.1 Å². The van der Waals surface area contributed by atoms with E-state index in [1.165, 1.54) is 75.8 Å². The first kappa shape index (κ1) is 31.1. The number of H-pyrrole nitrogens is 1. The van der Waals surface area contributed by atoms with Crippen molar-refractivity contribution in [2.45, 2.75) is 92.5 Å². The van der Waals surface area contributed by atoms with Crippen LogP contribution in [0.2, 0.25) is 0 Å². The Morgan fingerprint density at radius 3 is 2.36 bits per heavy atom. The fourth-order valence-electron chi connectivity index (χ4n) is 6.93. The van der Waals surface area contributed by atoms with E-state index in [4.69, 9.17) is 4.74 Å². The van der Waals surface area contributed by atoms with Gasteiger partial charge in [-0.2, -0.15) is 5.10 Å². The maximum atomic E-state index is 13.5. The molecule has 0 saturated heterocycles. The van der Waals surface area contributed by atoms with E-state index in [-0.39, 0.29) is 33.4 Å². The van der Waals surface area contributed by atoms with Crippen molar-refractivity contribution < 1.29 is 17.9 Å². The van der Waals surface area contributed by atoms with Gasteiger partial charge >= 0.3 is 0 Å². The zero-order valence-electron chi connectivity index (χ0n) is 26.0. The van der Waals surface area contributed by atoms with Crippen LogP contribution in [0.15, 0.2) is 76.8 Å². The standard InChI is InChI=1S/C35H43N5O4S/c1-44-31-22-28(40-20-10-19-38-40)13-16-32(31)45(42,43)29-14-11-26(12-15-29)23-37-34(41)30-21-27-24-36-25-35(33(27)39-30)17-8-6-4-2-3-5-7-9-18-35/h10-16,19-22,36,39H,2-9,17-18,23-25H2,1H3,(H,37,41). The van der Waals surface area contributed by atoms with Crippen LogP contribution in [-0.4, -0.2) is 42.7 Å². The summed E-state index contributed by atoms with van der Waals surface area (Å²) in [5, 5.41) is 10.9. The number of hydrogen-bond donors (Lipinski definition) is 3. The Hall–Kier alpha value is -3.89. The number of aromatic nitrogens is 3. The summed E-state index contributed by atoms with van der Waals surface area (Å²) in [4.78, 5) is 17.1. The van der Waals surface area contributed by atoms with Crippen LogP contribution in [0.1, 0.15) is 91.5 Å². The molecule has 1 amide bonds. The van der Waals surface area contributed by atoms with E-state index in [0.29, 0.717) is 11.4 Å². The van der Waals surface area contributed by atoms with E-state index < -0.39 is 9.84 Å². The Labute approximate surface area is 265 Å². The summed E-state index contributed by atoms with van der Waals surface area (Å²) in [5.74, 6) is 0.0841. The average Bonchev–Trinajstić information content (AvgIpc) is 3.75. The highest BCUT2D eigenvalue weighted by Gasteiger charge is 2.38. The Kier molecular flexibility index (Phi) is 9.42. The molecule has 0 unspecified atom stereocenters. The van der Waals surface area contributed by atoms with Gasteiger partial charge in [-0.05, 0) is 60.4 Å². The van der Waals surface area contributed by atoms with Crippen LogP contribution in [0.5, 0.6) is 5.75 Å². The molecule has 1 fully saturated rings. The monoisotopic (exact) mass is 629 g/mol. The van der Waals surface area contributed by atoms with Gasteiger partial charge < -0.3 is 20.4 Å². The van der Waals surface area contributed by atoms with Crippen molar-refractivity contribution >= 4 is 15.7 Å². The number of nitrogens with one attached hydrogen (secondary N) is 3. The smallest absolute Gasteiger partial charge is 0.267 e. The number of carbonyl (C=O) groups excluding carboxylic acids is 1. The number of rotatable bonds is 7. The van der Waals surface area contributed by atoms with Gasteiger partial charge in [0.05, 0.1) is 17.7 Å². The van der Waals surface area contributed by atoms with Gasteiger partial charge in [-0.3, -0.25) is 4.79 Å². The first-order valence-electron chi connectivity index (χ1n) is 16.1. The molecule has 9 nitrogen and oxygen atoms in total. The SMILES string of the molecule is COc1cc(-n2cccn2)ccc1S(=O)(=O)c1ccc(CNC(=O)c2cc3c([nH]2)C2(CCCCCCCCCC2)CNC3)cc1. The molecule has 0 atom stereocenters. The third-order valence-corrected chi connectivity index (χ3v) is 11.2. The number of hydrogen-bond acceptors (Lipinski definition) is 6. The number of benzene rings is 2. The molecule has 2 aromatic carbocycles. The first-order chi connectivity index (χ1) is 21.9. The van der Waals surface area contributed by atoms with E-state index in [1.807, 2.05) is 6.07 Å². The van der Waals surface area contributed by atoms with Gasteiger partial charge in [0.25, 0.3) is 5.91 Å². The van der Waals surface area contributed by atoms with E-state index in [1.54, 1.807) is 59.5 Å². The van der Waals surface area contributed by atoms with Gasteiger partial charge in [-0.1, -0.05) is 63.5 Å². The third-order valence-electron chi connectivity index (χ3n) is 9.41. The fraction of sp³-hybridized carbons (Fsp3) is 0.429. The van der Waals surface area contributed by atoms with Crippen molar-refractivity contribution in [3.8, 4) is 11.4 Å². The highest BCUT2D eigenvalue weighted by molar-refractivity contribution is 7.91. The highest BCUT2D eigenvalue weighted by atomic mass is 32.2. The summed E-state index contributed by atoms with van der Waals surface area (Å²) in [6.07, 6.45) is 16.0. The van der Waals surface area contributed by atoms with Crippen LogP contribution in [0.25, 0.3) is 5.69 Å². The zero-order valence-corrected chi connectivity index (χ0v) is 26.8. The summed E-state index contributed by atoms with van der Waals surface area (Å²) in [6.45, 7) is 2.01. The molecule has 6 rings (SSSR count). The van der Waals surface area contributed by atoms with Gasteiger partial charge in [0.15, 0.2) is 0 Å². The largest absolute Gasteiger partial charge is 0.495 e. The Bertz CT molecular complexity index is 1700.